The van der Waals surface area contributed by atoms with Gasteiger partial charge in [-0.15, -0.1) is 10.2 Å². The van der Waals surface area contributed by atoms with Crippen LogP contribution in [0.5, 0.6) is 0 Å². The maximum Gasteiger partial charge on any atom is 0.243 e. The van der Waals surface area contributed by atoms with Crippen molar-refractivity contribution in [2.45, 2.75) is 36.7 Å². The minimum atomic E-state index is -0.561. The molecule has 0 saturated carbocycles. The molecule has 1 saturated heterocycles. The molecule has 0 aliphatic carbocycles. The number of aromatic nitrogens is 4. The molecule has 4 heterocycles. The molecular formula is C23H24N6O3S. The van der Waals surface area contributed by atoms with Crippen LogP contribution < -0.4 is 10.2 Å². The third-order valence-electron chi connectivity index (χ3n) is 5.42. The van der Waals surface area contributed by atoms with Gasteiger partial charge in [0.25, 0.3) is 0 Å². The summed E-state index contributed by atoms with van der Waals surface area (Å²) in [6.45, 7) is 4.15. The number of carbonyl (C=O) groups excluding carboxylic acids is 1. The van der Waals surface area contributed by atoms with Gasteiger partial charge in [-0.25, -0.2) is 0 Å². The minimum Gasteiger partial charge on any atom is -0.467 e. The van der Waals surface area contributed by atoms with Crippen molar-refractivity contribution < 1.29 is 13.7 Å². The summed E-state index contributed by atoms with van der Waals surface area (Å²) in [5.74, 6) is 2.40. The van der Waals surface area contributed by atoms with Gasteiger partial charge in [0.2, 0.25) is 11.9 Å². The van der Waals surface area contributed by atoms with Gasteiger partial charge < -0.3 is 19.2 Å². The summed E-state index contributed by atoms with van der Waals surface area (Å²) >= 11 is 1.35. The largest absolute Gasteiger partial charge is 0.467 e. The molecule has 1 N–H and O–H groups in total. The standard InChI is InChI=1S/C23H24N6O3S/c1-16-14-19(27-32-16)24-21(30)20(17-8-3-2-4-9-17)33-23-26-25-22(28-11-5-6-12-28)29(23)15-18-10-7-13-31-18/h2-4,7-10,13-14,20H,5-6,11-12,15H2,1H3,(H,24,27,30). The molecule has 10 heteroatoms. The maximum atomic E-state index is 13.3. The van der Waals surface area contributed by atoms with Crippen LogP contribution in [0.25, 0.3) is 0 Å². The van der Waals surface area contributed by atoms with Gasteiger partial charge in [0.1, 0.15) is 16.8 Å². The van der Waals surface area contributed by atoms with Crippen LogP contribution in [0.4, 0.5) is 11.8 Å². The van der Waals surface area contributed by atoms with Crippen LogP contribution in [0.2, 0.25) is 0 Å². The summed E-state index contributed by atoms with van der Waals surface area (Å²) in [6.07, 6.45) is 3.91. The summed E-state index contributed by atoms with van der Waals surface area (Å²) in [6, 6.07) is 15.1. The van der Waals surface area contributed by atoms with Crippen molar-refractivity contribution in [1.29, 1.82) is 0 Å². The molecule has 0 spiro atoms. The zero-order valence-electron chi connectivity index (χ0n) is 18.2. The maximum absolute atomic E-state index is 13.3. The number of nitrogens with zero attached hydrogens (tertiary/aromatic N) is 5. The summed E-state index contributed by atoms with van der Waals surface area (Å²) in [5.41, 5.74) is 0.857. The van der Waals surface area contributed by atoms with Crippen LogP contribution in [-0.4, -0.2) is 38.9 Å². The first-order valence-corrected chi connectivity index (χ1v) is 11.7. The Balaban J connectivity index is 1.47. The highest BCUT2D eigenvalue weighted by molar-refractivity contribution is 8.00. The average Bonchev–Trinajstić information content (AvgIpc) is 3.62. The van der Waals surface area contributed by atoms with E-state index in [0.717, 1.165) is 43.2 Å². The van der Waals surface area contributed by atoms with E-state index in [2.05, 4.69) is 25.6 Å². The van der Waals surface area contributed by atoms with Crippen molar-refractivity contribution in [3.8, 4) is 0 Å². The number of benzene rings is 1. The Hall–Kier alpha value is -3.53. The normalized spacial score (nSPS) is 14.5. The van der Waals surface area contributed by atoms with E-state index in [4.69, 9.17) is 8.94 Å². The second-order valence-electron chi connectivity index (χ2n) is 7.86. The molecule has 9 nitrogen and oxygen atoms in total. The number of hydrogen-bond donors (Lipinski definition) is 1. The topological polar surface area (TPSA) is 102 Å². The van der Waals surface area contributed by atoms with Crippen LogP contribution in [0.1, 0.15) is 35.2 Å². The number of aryl methyl sites for hydroxylation is 1. The van der Waals surface area contributed by atoms with Gasteiger partial charge >= 0.3 is 0 Å². The van der Waals surface area contributed by atoms with Crippen molar-refractivity contribution in [3.63, 3.8) is 0 Å². The lowest BCUT2D eigenvalue weighted by Crippen LogP contribution is -2.23. The van der Waals surface area contributed by atoms with E-state index in [9.17, 15) is 4.79 Å². The van der Waals surface area contributed by atoms with Gasteiger partial charge in [0.05, 0.1) is 12.8 Å². The van der Waals surface area contributed by atoms with Gasteiger partial charge in [0, 0.05) is 19.2 Å². The number of anilines is 2. The van der Waals surface area contributed by atoms with E-state index in [-0.39, 0.29) is 5.91 Å². The molecule has 1 aromatic carbocycles. The zero-order chi connectivity index (χ0) is 22.6. The molecule has 0 radical (unpaired) electrons. The van der Waals surface area contributed by atoms with Crippen molar-refractivity contribution in [2.24, 2.45) is 0 Å². The molecule has 1 aliphatic heterocycles. The van der Waals surface area contributed by atoms with E-state index in [1.165, 1.54) is 11.8 Å². The lowest BCUT2D eigenvalue weighted by molar-refractivity contribution is -0.115. The van der Waals surface area contributed by atoms with Crippen LogP contribution in [-0.2, 0) is 11.3 Å². The summed E-state index contributed by atoms with van der Waals surface area (Å²) in [7, 11) is 0. The van der Waals surface area contributed by atoms with Crippen LogP contribution in [0.15, 0.2) is 68.9 Å². The van der Waals surface area contributed by atoms with E-state index >= 15 is 0 Å². The summed E-state index contributed by atoms with van der Waals surface area (Å²) < 4.78 is 12.7. The van der Waals surface area contributed by atoms with E-state index < -0.39 is 5.25 Å². The molecule has 1 atom stereocenters. The molecule has 3 aromatic heterocycles. The van der Waals surface area contributed by atoms with Gasteiger partial charge in [-0.05, 0) is 37.5 Å². The summed E-state index contributed by atoms with van der Waals surface area (Å²) in [4.78, 5) is 15.5. The fourth-order valence-electron chi connectivity index (χ4n) is 3.84. The van der Waals surface area contributed by atoms with Crippen molar-refractivity contribution in [3.05, 3.63) is 71.9 Å². The zero-order valence-corrected chi connectivity index (χ0v) is 19.0. The van der Waals surface area contributed by atoms with Crippen molar-refractivity contribution >= 4 is 29.4 Å². The SMILES string of the molecule is Cc1cc(NC(=O)C(Sc2nnc(N3CCCC3)n2Cc2ccco2)c2ccccc2)no1. The number of amides is 1. The van der Waals surface area contributed by atoms with Crippen LogP contribution in [0.3, 0.4) is 0 Å². The molecule has 1 amide bonds. The van der Waals surface area contributed by atoms with Crippen LogP contribution in [0, 0.1) is 6.92 Å². The smallest absolute Gasteiger partial charge is 0.243 e. The monoisotopic (exact) mass is 464 g/mol. The van der Waals surface area contributed by atoms with E-state index in [1.54, 1.807) is 19.3 Å². The van der Waals surface area contributed by atoms with Crippen LogP contribution >= 0.6 is 11.8 Å². The molecule has 1 fully saturated rings. The molecule has 0 bridgehead atoms. The third kappa shape index (κ3) is 4.80. The predicted molar refractivity (Wildman–Crippen MR) is 124 cm³/mol. The molecular weight excluding hydrogens is 440 g/mol. The number of nitrogens with one attached hydrogen (secondary N) is 1. The number of carbonyl (C=O) groups is 1. The highest BCUT2D eigenvalue weighted by Crippen LogP contribution is 2.37. The Morgan fingerprint density at radius 1 is 1.15 bits per heavy atom. The second-order valence-corrected chi connectivity index (χ2v) is 8.94. The van der Waals surface area contributed by atoms with Gasteiger partial charge in [-0.3, -0.25) is 9.36 Å². The highest BCUT2D eigenvalue weighted by Gasteiger charge is 2.28. The second kappa shape index (κ2) is 9.53. The quantitative estimate of drug-likeness (QED) is 0.385. The lowest BCUT2D eigenvalue weighted by Gasteiger charge is -2.19. The Morgan fingerprint density at radius 3 is 2.67 bits per heavy atom. The van der Waals surface area contributed by atoms with Crippen molar-refractivity contribution in [1.82, 2.24) is 19.9 Å². The highest BCUT2D eigenvalue weighted by atomic mass is 32.2. The first-order chi connectivity index (χ1) is 16.2. The average molecular weight is 465 g/mol. The van der Waals surface area contributed by atoms with E-state index in [1.807, 2.05) is 47.0 Å². The van der Waals surface area contributed by atoms with Gasteiger partial charge in [-0.1, -0.05) is 47.3 Å². The fourth-order valence-corrected chi connectivity index (χ4v) is 4.87. The van der Waals surface area contributed by atoms with Gasteiger partial charge in [0.15, 0.2) is 11.0 Å². The Kier molecular flexibility index (Phi) is 6.16. The lowest BCUT2D eigenvalue weighted by atomic mass is 10.1. The number of rotatable bonds is 8. The number of thioether (sulfide) groups is 1. The first kappa shape index (κ1) is 21.3. The molecule has 1 aliphatic rings. The van der Waals surface area contributed by atoms with Crippen molar-refractivity contribution in [2.75, 3.05) is 23.3 Å². The van der Waals surface area contributed by atoms with E-state index in [0.29, 0.717) is 23.3 Å². The third-order valence-corrected chi connectivity index (χ3v) is 6.66. The molecule has 4 aromatic rings. The minimum absolute atomic E-state index is 0.213. The molecule has 170 valence electrons. The Bertz CT molecular complexity index is 1200. The Labute approximate surface area is 195 Å². The fraction of sp³-hybridized carbons (Fsp3) is 0.304. The number of furan rings is 1. The van der Waals surface area contributed by atoms with Gasteiger partial charge in [-0.2, -0.15) is 0 Å². The first-order valence-electron chi connectivity index (χ1n) is 10.8. The molecule has 5 rings (SSSR count). The molecule has 33 heavy (non-hydrogen) atoms. The Morgan fingerprint density at radius 2 is 1.97 bits per heavy atom. The number of hydrogen-bond acceptors (Lipinski definition) is 8. The predicted octanol–water partition coefficient (Wildman–Crippen LogP) is 4.29. The summed E-state index contributed by atoms with van der Waals surface area (Å²) in [5, 5.41) is 15.8. The molecule has 1 unspecified atom stereocenters.